The predicted octanol–water partition coefficient (Wildman–Crippen LogP) is 1.48. The van der Waals surface area contributed by atoms with E-state index in [0.29, 0.717) is 23.6 Å². The molecule has 2 N–H and O–H groups in total. The summed E-state index contributed by atoms with van der Waals surface area (Å²) in [6.07, 6.45) is 3.55. The van der Waals surface area contributed by atoms with E-state index in [4.69, 9.17) is 9.47 Å². The molecule has 0 amide bonds. The van der Waals surface area contributed by atoms with Crippen LogP contribution in [0.4, 0.5) is 0 Å². The van der Waals surface area contributed by atoms with Gasteiger partial charge in [0.2, 0.25) is 0 Å². The molecule has 0 atom stereocenters. The van der Waals surface area contributed by atoms with Gasteiger partial charge < -0.3 is 24.6 Å². The number of aromatic hydroxyl groups is 1. The molecule has 0 aromatic heterocycles. The standard InChI is InChI=1S/C22H27NO5/c1-27-20-9-6-15(13-21(20)28-2)12-19(25)16-7-8-18(24)17(22(16)26)14-23-10-4-3-5-11-23/h6-9,13,24,26H,3-5,10-12,14H2,1-2H3. The average Bonchev–Trinajstić information content (AvgIpc) is 2.71. The van der Waals surface area contributed by atoms with Crippen molar-refractivity contribution in [3.63, 3.8) is 0 Å². The van der Waals surface area contributed by atoms with Crippen molar-refractivity contribution in [2.45, 2.75) is 32.2 Å². The largest absolute Gasteiger partial charge is 0.872 e. The van der Waals surface area contributed by atoms with E-state index in [1.807, 2.05) is 0 Å². The molecule has 150 valence electrons. The molecule has 6 nitrogen and oxygen atoms in total. The van der Waals surface area contributed by atoms with E-state index in [9.17, 15) is 15.0 Å². The fraction of sp³-hybridized carbons (Fsp3) is 0.409. The first kappa shape index (κ1) is 20.0. The maximum absolute atomic E-state index is 12.9. The van der Waals surface area contributed by atoms with Gasteiger partial charge in [-0.1, -0.05) is 11.8 Å². The van der Waals surface area contributed by atoms with Gasteiger partial charge in [-0.2, -0.15) is 0 Å². The molecule has 1 heterocycles. The van der Waals surface area contributed by atoms with E-state index in [1.165, 1.54) is 30.6 Å². The Kier molecular flexibility index (Phi) is 6.41. The second kappa shape index (κ2) is 8.97. The Morgan fingerprint density at radius 3 is 2.46 bits per heavy atom. The number of likely N-dealkylation sites (tertiary alicyclic amines) is 1. The quantitative estimate of drug-likeness (QED) is 0.706. The first-order valence-electron chi connectivity index (χ1n) is 9.63. The lowest BCUT2D eigenvalue weighted by atomic mass is 9.98. The van der Waals surface area contributed by atoms with Crippen LogP contribution >= 0.6 is 0 Å². The van der Waals surface area contributed by atoms with Gasteiger partial charge in [-0.15, -0.1) is 0 Å². The van der Waals surface area contributed by atoms with Crippen LogP contribution in [-0.2, 0) is 13.0 Å². The lowest BCUT2D eigenvalue weighted by molar-refractivity contribution is -0.918. The van der Waals surface area contributed by atoms with Crippen molar-refractivity contribution >= 4 is 5.78 Å². The predicted molar refractivity (Wildman–Crippen MR) is 103 cm³/mol. The van der Waals surface area contributed by atoms with Gasteiger partial charge in [0.05, 0.1) is 27.3 Å². The summed E-state index contributed by atoms with van der Waals surface area (Å²) in [5, 5.41) is 23.1. The summed E-state index contributed by atoms with van der Waals surface area (Å²) in [7, 11) is 3.09. The minimum atomic E-state index is -0.358. The van der Waals surface area contributed by atoms with Gasteiger partial charge >= 0.3 is 0 Å². The highest BCUT2D eigenvalue weighted by Gasteiger charge is 2.19. The van der Waals surface area contributed by atoms with Crippen LogP contribution in [0.5, 0.6) is 23.0 Å². The fourth-order valence-corrected chi connectivity index (χ4v) is 3.76. The van der Waals surface area contributed by atoms with Crippen molar-refractivity contribution < 1.29 is 29.4 Å². The lowest BCUT2D eigenvalue weighted by Crippen LogP contribution is -3.11. The molecule has 2 aromatic rings. The molecule has 0 aliphatic carbocycles. The summed E-state index contributed by atoms with van der Waals surface area (Å²) < 4.78 is 10.5. The molecule has 0 radical (unpaired) electrons. The van der Waals surface area contributed by atoms with E-state index in [-0.39, 0.29) is 29.3 Å². The zero-order valence-electron chi connectivity index (χ0n) is 16.4. The third-order valence-electron chi connectivity index (χ3n) is 5.34. The number of carbonyl (C=O) groups is 1. The number of Topliss-reactive ketones (excluding diaryl/α,β-unsaturated/α-hetero) is 1. The number of ether oxygens (including phenoxy) is 2. The Hall–Kier alpha value is -2.73. The van der Waals surface area contributed by atoms with Gasteiger partial charge in [0, 0.05) is 17.5 Å². The van der Waals surface area contributed by atoms with Gasteiger partial charge in [0.1, 0.15) is 12.3 Å². The summed E-state index contributed by atoms with van der Waals surface area (Å²) in [5.41, 5.74) is 1.20. The maximum Gasteiger partial charge on any atom is 0.166 e. The fourth-order valence-electron chi connectivity index (χ4n) is 3.76. The van der Waals surface area contributed by atoms with E-state index in [0.717, 1.165) is 31.5 Å². The zero-order chi connectivity index (χ0) is 20.1. The summed E-state index contributed by atoms with van der Waals surface area (Å²) >= 11 is 0. The number of hydrogen-bond donors (Lipinski definition) is 2. The number of hydrogen-bond acceptors (Lipinski definition) is 5. The molecular weight excluding hydrogens is 358 g/mol. The van der Waals surface area contributed by atoms with Crippen molar-refractivity contribution in [2.24, 2.45) is 0 Å². The van der Waals surface area contributed by atoms with E-state index in [1.54, 1.807) is 25.3 Å². The highest BCUT2D eigenvalue weighted by molar-refractivity contribution is 6.00. The summed E-state index contributed by atoms with van der Waals surface area (Å²) in [5.74, 6) is 0.469. The number of quaternary nitrogens is 1. The maximum atomic E-state index is 12.9. The Bertz CT molecular complexity index is 843. The van der Waals surface area contributed by atoms with Crippen LogP contribution in [0.1, 0.15) is 40.7 Å². The first-order chi connectivity index (χ1) is 13.5. The molecule has 0 saturated carbocycles. The molecule has 2 aromatic carbocycles. The Balaban J connectivity index is 1.81. The van der Waals surface area contributed by atoms with Gasteiger partial charge in [-0.25, -0.2) is 0 Å². The van der Waals surface area contributed by atoms with Crippen LogP contribution in [0.2, 0.25) is 0 Å². The molecule has 0 unspecified atom stereocenters. The third-order valence-corrected chi connectivity index (χ3v) is 5.34. The monoisotopic (exact) mass is 385 g/mol. The van der Waals surface area contributed by atoms with Crippen LogP contribution < -0.4 is 19.5 Å². The minimum absolute atomic E-state index is 0.0225. The van der Waals surface area contributed by atoms with E-state index < -0.39 is 0 Å². The van der Waals surface area contributed by atoms with Gasteiger partial charge in [0.25, 0.3) is 0 Å². The highest BCUT2D eigenvalue weighted by atomic mass is 16.5. The van der Waals surface area contributed by atoms with Crippen LogP contribution in [0.3, 0.4) is 0 Å². The van der Waals surface area contributed by atoms with Crippen LogP contribution in [0, 0.1) is 0 Å². The average molecular weight is 385 g/mol. The second-order valence-corrected chi connectivity index (χ2v) is 7.22. The van der Waals surface area contributed by atoms with Crippen molar-refractivity contribution in [3.8, 4) is 23.0 Å². The molecule has 1 aliphatic heterocycles. The topological polar surface area (TPSA) is 83.3 Å². The molecule has 0 bridgehead atoms. The Labute approximate surface area is 165 Å². The molecule has 1 aliphatic rings. The van der Waals surface area contributed by atoms with Crippen molar-refractivity contribution in [3.05, 3.63) is 47.0 Å². The normalized spacial score (nSPS) is 14.6. The lowest BCUT2D eigenvalue weighted by Gasteiger charge is -2.27. The molecule has 3 rings (SSSR count). The number of phenols is 1. The zero-order valence-corrected chi connectivity index (χ0v) is 16.4. The van der Waals surface area contributed by atoms with E-state index >= 15 is 0 Å². The number of ketones is 1. The highest BCUT2D eigenvalue weighted by Crippen LogP contribution is 2.31. The minimum Gasteiger partial charge on any atom is -0.872 e. The Morgan fingerprint density at radius 1 is 1.07 bits per heavy atom. The molecular formula is C22H27NO5. The summed E-state index contributed by atoms with van der Waals surface area (Å²) in [6.45, 7) is 2.44. The summed E-state index contributed by atoms with van der Waals surface area (Å²) in [6, 6.07) is 8.14. The number of carbonyl (C=O) groups excluding carboxylic acids is 1. The number of methoxy groups -OCH3 is 2. The van der Waals surface area contributed by atoms with Crippen LogP contribution in [-0.4, -0.2) is 38.2 Å². The van der Waals surface area contributed by atoms with Gasteiger partial charge in [-0.3, -0.25) is 4.79 Å². The molecule has 1 saturated heterocycles. The molecule has 6 heteroatoms. The van der Waals surface area contributed by atoms with Gasteiger partial charge in [-0.05, 0) is 49.1 Å². The third kappa shape index (κ3) is 4.39. The second-order valence-electron chi connectivity index (χ2n) is 7.22. The summed E-state index contributed by atoms with van der Waals surface area (Å²) in [4.78, 5) is 14.1. The number of benzene rings is 2. The number of piperidine rings is 1. The number of rotatable bonds is 7. The Morgan fingerprint density at radius 2 is 1.79 bits per heavy atom. The number of nitrogens with one attached hydrogen (secondary N) is 1. The molecule has 1 fully saturated rings. The smallest absolute Gasteiger partial charge is 0.166 e. The molecule has 0 spiro atoms. The van der Waals surface area contributed by atoms with E-state index in [2.05, 4.69) is 0 Å². The van der Waals surface area contributed by atoms with Gasteiger partial charge in [0.15, 0.2) is 17.3 Å². The molecule has 28 heavy (non-hydrogen) atoms. The first-order valence-corrected chi connectivity index (χ1v) is 9.63. The van der Waals surface area contributed by atoms with Crippen molar-refractivity contribution in [2.75, 3.05) is 27.3 Å². The van der Waals surface area contributed by atoms with Crippen LogP contribution in [0.15, 0.2) is 30.3 Å². The number of phenolic OH excluding ortho intramolecular Hbond substituents is 1. The van der Waals surface area contributed by atoms with Crippen molar-refractivity contribution in [1.82, 2.24) is 0 Å². The van der Waals surface area contributed by atoms with Crippen LogP contribution in [0.25, 0.3) is 0 Å². The van der Waals surface area contributed by atoms with Crippen molar-refractivity contribution in [1.29, 1.82) is 0 Å². The SMILES string of the molecule is COc1ccc(CC(=O)c2ccc(O)c(C[NH+]3CCCCC3)c2[O-])cc1OC.